The largest absolute Gasteiger partial charge is 0.508 e. The summed E-state index contributed by atoms with van der Waals surface area (Å²) in [5, 5.41) is 36.4. The third-order valence-electron chi connectivity index (χ3n) is 6.61. The van der Waals surface area contributed by atoms with Crippen LogP contribution in [0.5, 0.6) is 5.75 Å². The number of aliphatic carboxylic acids is 1. The van der Waals surface area contributed by atoms with Gasteiger partial charge in [-0.05, 0) is 42.2 Å². The van der Waals surface area contributed by atoms with E-state index in [-0.39, 0.29) is 25.0 Å². The van der Waals surface area contributed by atoms with E-state index in [1.807, 2.05) is 6.07 Å². The summed E-state index contributed by atoms with van der Waals surface area (Å²) in [5.41, 5.74) is 8.30. The smallest absolute Gasteiger partial charge is 0.328 e. The van der Waals surface area contributed by atoms with Crippen LogP contribution in [0.2, 0.25) is 0 Å². The normalized spacial score (nSPS) is 14.5. The minimum absolute atomic E-state index is 0.0247. The Kier molecular flexibility index (Phi) is 11.6. The highest BCUT2D eigenvalue weighted by Gasteiger charge is 2.32. The van der Waals surface area contributed by atoms with Crippen molar-refractivity contribution in [1.82, 2.24) is 16.0 Å². The van der Waals surface area contributed by atoms with Crippen molar-refractivity contribution in [2.24, 2.45) is 5.73 Å². The zero-order chi connectivity index (χ0) is 30.6. The number of aliphatic hydroxyl groups excluding tert-OH is 1. The molecule has 0 radical (unpaired) electrons. The number of hydrogen-bond acceptors (Lipinski definition) is 7. The Balaban J connectivity index is 1.82. The van der Waals surface area contributed by atoms with Crippen LogP contribution in [0, 0.1) is 0 Å². The molecular formula is C31H36N4O7. The van der Waals surface area contributed by atoms with Crippen molar-refractivity contribution < 1.29 is 34.5 Å². The van der Waals surface area contributed by atoms with Crippen LogP contribution in [0.3, 0.4) is 0 Å². The maximum atomic E-state index is 13.6. The number of carboxylic acids is 1. The van der Waals surface area contributed by atoms with Gasteiger partial charge in [0.25, 0.3) is 0 Å². The van der Waals surface area contributed by atoms with Gasteiger partial charge in [0, 0.05) is 12.8 Å². The van der Waals surface area contributed by atoms with Crippen molar-refractivity contribution in [2.45, 2.75) is 56.5 Å². The first kappa shape index (κ1) is 31.8. The minimum Gasteiger partial charge on any atom is -0.508 e. The fourth-order valence-corrected chi connectivity index (χ4v) is 4.29. The van der Waals surface area contributed by atoms with Gasteiger partial charge >= 0.3 is 5.97 Å². The number of amides is 3. The summed E-state index contributed by atoms with van der Waals surface area (Å²) in [7, 11) is 0. The molecule has 0 saturated carbocycles. The molecule has 11 nitrogen and oxygen atoms in total. The van der Waals surface area contributed by atoms with Crippen molar-refractivity contribution in [2.75, 3.05) is 0 Å². The minimum atomic E-state index is -1.59. The second kappa shape index (κ2) is 15.3. The fraction of sp³-hybridized carbons (Fsp3) is 0.290. The van der Waals surface area contributed by atoms with Gasteiger partial charge in [0.05, 0.1) is 12.1 Å². The van der Waals surface area contributed by atoms with Crippen LogP contribution in [-0.2, 0) is 38.4 Å². The number of carbonyl (C=O) groups excluding carboxylic acids is 3. The van der Waals surface area contributed by atoms with Gasteiger partial charge in [-0.15, -0.1) is 0 Å². The monoisotopic (exact) mass is 576 g/mol. The molecule has 11 heteroatoms. The average molecular weight is 577 g/mol. The summed E-state index contributed by atoms with van der Waals surface area (Å²) >= 11 is 0. The topological polar surface area (TPSA) is 191 Å². The molecule has 0 aromatic heterocycles. The zero-order valence-corrected chi connectivity index (χ0v) is 23.1. The number of carboxylic acid groups (broad SMARTS) is 1. The summed E-state index contributed by atoms with van der Waals surface area (Å²) in [4.78, 5) is 51.5. The number of aliphatic hydroxyl groups is 1. The van der Waals surface area contributed by atoms with E-state index >= 15 is 0 Å². The number of carbonyl (C=O) groups is 4. The molecule has 3 aromatic carbocycles. The van der Waals surface area contributed by atoms with Crippen molar-refractivity contribution in [3.05, 3.63) is 102 Å². The Labute approximate surface area is 243 Å². The Bertz CT molecular complexity index is 1330. The van der Waals surface area contributed by atoms with Gasteiger partial charge in [0.2, 0.25) is 17.7 Å². The maximum absolute atomic E-state index is 13.6. The molecule has 0 saturated heterocycles. The number of hydrogen-bond donors (Lipinski definition) is 7. The van der Waals surface area contributed by atoms with Crippen molar-refractivity contribution in [3.8, 4) is 5.75 Å². The molecule has 0 aliphatic rings. The van der Waals surface area contributed by atoms with E-state index in [0.717, 1.165) is 5.56 Å². The Morgan fingerprint density at radius 3 is 1.55 bits per heavy atom. The van der Waals surface area contributed by atoms with Gasteiger partial charge in [-0.25, -0.2) is 4.79 Å². The zero-order valence-electron chi connectivity index (χ0n) is 23.1. The lowest BCUT2D eigenvalue weighted by molar-refractivity contribution is -0.145. The van der Waals surface area contributed by atoms with Gasteiger partial charge < -0.3 is 37.0 Å². The summed E-state index contributed by atoms with van der Waals surface area (Å²) in [5.74, 6) is -3.44. The number of phenols is 1. The van der Waals surface area contributed by atoms with Crippen molar-refractivity contribution in [3.63, 3.8) is 0 Å². The van der Waals surface area contributed by atoms with E-state index in [9.17, 15) is 34.5 Å². The molecule has 42 heavy (non-hydrogen) atoms. The van der Waals surface area contributed by atoms with Gasteiger partial charge in [-0.1, -0.05) is 72.8 Å². The van der Waals surface area contributed by atoms with E-state index in [1.165, 1.54) is 19.1 Å². The molecule has 222 valence electrons. The molecule has 0 aliphatic heterocycles. The van der Waals surface area contributed by atoms with Gasteiger partial charge in [-0.3, -0.25) is 14.4 Å². The Morgan fingerprint density at radius 1 is 0.667 bits per heavy atom. The molecule has 0 spiro atoms. The Hall–Kier alpha value is -4.74. The third kappa shape index (κ3) is 9.72. The van der Waals surface area contributed by atoms with Gasteiger partial charge in [0.1, 0.15) is 17.8 Å². The van der Waals surface area contributed by atoms with Gasteiger partial charge in [0.15, 0.2) is 6.04 Å². The van der Waals surface area contributed by atoms with Crippen LogP contribution in [-0.4, -0.2) is 69.3 Å². The average Bonchev–Trinajstić information content (AvgIpc) is 2.96. The molecule has 0 fully saturated rings. The number of aromatic hydroxyl groups is 1. The van der Waals surface area contributed by atoms with Crippen LogP contribution < -0.4 is 21.7 Å². The predicted molar refractivity (Wildman–Crippen MR) is 155 cm³/mol. The van der Waals surface area contributed by atoms with Crippen LogP contribution in [0.15, 0.2) is 84.9 Å². The van der Waals surface area contributed by atoms with E-state index in [1.54, 1.807) is 66.7 Å². The summed E-state index contributed by atoms with van der Waals surface area (Å²) in [6.07, 6.45) is -1.12. The molecule has 0 bridgehead atoms. The van der Waals surface area contributed by atoms with Crippen molar-refractivity contribution in [1.29, 1.82) is 0 Å². The van der Waals surface area contributed by atoms with Gasteiger partial charge in [-0.2, -0.15) is 0 Å². The van der Waals surface area contributed by atoms with E-state index in [0.29, 0.717) is 11.1 Å². The highest BCUT2D eigenvalue weighted by molar-refractivity contribution is 5.94. The second-order valence-electron chi connectivity index (χ2n) is 10.0. The first-order valence-corrected chi connectivity index (χ1v) is 13.5. The van der Waals surface area contributed by atoms with Crippen molar-refractivity contribution >= 4 is 23.7 Å². The highest BCUT2D eigenvalue weighted by Crippen LogP contribution is 2.12. The first-order valence-electron chi connectivity index (χ1n) is 13.5. The number of nitrogens with two attached hydrogens (primary N) is 1. The molecular weight excluding hydrogens is 540 g/mol. The third-order valence-corrected chi connectivity index (χ3v) is 6.61. The number of phenolic OH excluding ortho intramolecular Hbond substituents is 1. The molecule has 3 rings (SSSR count). The molecule has 5 atom stereocenters. The molecule has 0 aliphatic carbocycles. The molecule has 0 heterocycles. The summed E-state index contributed by atoms with van der Waals surface area (Å²) in [6.45, 7) is 1.23. The number of benzene rings is 3. The lowest BCUT2D eigenvalue weighted by Crippen LogP contribution is -2.59. The second-order valence-corrected chi connectivity index (χ2v) is 10.0. The predicted octanol–water partition coefficient (Wildman–Crippen LogP) is 0.667. The maximum Gasteiger partial charge on any atom is 0.328 e. The lowest BCUT2D eigenvalue weighted by Gasteiger charge is -2.26. The molecule has 3 amide bonds. The summed E-state index contributed by atoms with van der Waals surface area (Å²) < 4.78 is 0. The molecule has 5 unspecified atom stereocenters. The summed E-state index contributed by atoms with van der Waals surface area (Å²) in [6, 6.07) is 19.1. The number of rotatable bonds is 14. The van der Waals surface area contributed by atoms with E-state index in [2.05, 4.69) is 16.0 Å². The quantitative estimate of drug-likeness (QED) is 0.146. The van der Waals surface area contributed by atoms with Crippen LogP contribution in [0.25, 0.3) is 0 Å². The van der Waals surface area contributed by atoms with Crippen LogP contribution >= 0.6 is 0 Å². The van der Waals surface area contributed by atoms with E-state index in [4.69, 9.17) is 5.73 Å². The van der Waals surface area contributed by atoms with Crippen LogP contribution in [0.4, 0.5) is 0 Å². The standard InChI is InChI=1S/C31H36N4O7/c1-19(36)27(31(41)42)35-30(40)26(18-21-10-6-3-7-11-21)34-29(39)25(17-20-8-4-2-5-9-20)33-28(38)24(32)16-22-12-14-23(37)15-13-22/h2-15,19,24-27,36-37H,16-18,32H2,1H3,(H,33,38)(H,34,39)(H,35,40)(H,41,42). The highest BCUT2D eigenvalue weighted by atomic mass is 16.4. The van der Waals surface area contributed by atoms with E-state index < -0.39 is 54.0 Å². The first-order chi connectivity index (χ1) is 20.0. The SMILES string of the molecule is CC(O)C(NC(=O)C(Cc1ccccc1)NC(=O)C(Cc1ccccc1)NC(=O)C(N)Cc1ccc(O)cc1)C(=O)O. The molecule has 3 aromatic rings. The molecule has 8 N–H and O–H groups in total. The Morgan fingerprint density at radius 2 is 1.10 bits per heavy atom. The van der Waals surface area contributed by atoms with Crippen LogP contribution in [0.1, 0.15) is 23.6 Å². The number of nitrogens with one attached hydrogen (secondary N) is 3. The fourth-order valence-electron chi connectivity index (χ4n) is 4.29. The lowest BCUT2D eigenvalue weighted by atomic mass is 10.0.